The lowest BCUT2D eigenvalue weighted by molar-refractivity contribution is 0.107. The number of H-pyrrole nitrogens is 1. The minimum absolute atomic E-state index is 0.224. The zero-order chi connectivity index (χ0) is 17.9. The first-order chi connectivity index (χ1) is 12.8. The number of likely N-dealkylation sites (tertiary alicyclic amines) is 1. The predicted molar refractivity (Wildman–Crippen MR) is 97.3 cm³/mol. The summed E-state index contributed by atoms with van der Waals surface area (Å²) in [7, 11) is 3.44. The summed E-state index contributed by atoms with van der Waals surface area (Å²) in [4.78, 5) is 10.1. The van der Waals surface area contributed by atoms with Crippen LogP contribution in [0.5, 0.6) is 5.75 Å². The Morgan fingerprint density at radius 2 is 2.08 bits per heavy atom. The van der Waals surface area contributed by atoms with Crippen LogP contribution in [0.2, 0.25) is 0 Å². The van der Waals surface area contributed by atoms with Crippen LogP contribution in [0.1, 0.15) is 23.9 Å². The number of nitrogens with one attached hydrogen (secondary N) is 1. The second kappa shape index (κ2) is 7.31. The van der Waals surface area contributed by atoms with Crippen molar-refractivity contribution in [3.05, 3.63) is 60.4 Å². The fourth-order valence-corrected chi connectivity index (χ4v) is 3.50. The van der Waals surface area contributed by atoms with Gasteiger partial charge in [0.1, 0.15) is 11.6 Å². The molecule has 26 heavy (non-hydrogen) atoms. The molecule has 7 nitrogen and oxygen atoms in total. The number of rotatable bonds is 6. The predicted octanol–water partition coefficient (Wildman–Crippen LogP) is 2.57. The molecule has 1 unspecified atom stereocenters. The van der Waals surface area contributed by atoms with Crippen LogP contribution < -0.4 is 4.74 Å². The molecular formula is C19H23N5O2. The molecule has 4 rings (SSSR count). The fourth-order valence-electron chi connectivity index (χ4n) is 3.50. The van der Waals surface area contributed by atoms with Crippen LogP contribution in [0.15, 0.2) is 49.1 Å². The number of imidazole rings is 1. The van der Waals surface area contributed by atoms with E-state index in [9.17, 15) is 0 Å². The highest BCUT2D eigenvalue weighted by Gasteiger charge is 2.34. The zero-order valence-electron chi connectivity index (χ0n) is 15.0. The minimum atomic E-state index is 0.224. The third kappa shape index (κ3) is 3.36. The van der Waals surface area contributed by atoms with Crippen LogP contribution in [0.4, 0.5) is 0 Å². The van der Waals surface area contributed by atoms with E-state index in [1.165, 1.54) is 0 Å². The van der Waals surface area contributed by atoms with E-state index in [0.717, 1.165) is 42.3 Å². The number of ether oxygens (including phenoxy) is 2. The number of hydrogen-bond acceptors (Lipinski definition) is 5. The summed E-state index contributed by atoms with van der Waals surface area (Å²) in [5, 5.41) is 4.51. The highest BCUT2D eigenvalue weighted by molar-refractivity contribution is 5.37. The maximum Gasteiger partial charge on any atom is 0.123 e. The Bertz CT molecular complexity index is 828. The molecule has 1 aliphatic heterocycles. The first-order valence-electron chi connectivity index (χ1n) is 8.71. The lowest BCUT2D eigenvalue weighted by Crippen LogP contribution is -2.25. The van der Waals surface area contributed by atoms with Crippen molar-refractivity contribution in [2.45, 2.75) is 25.1 Å². The Kier molecular flexibility index (Phi) is 4.73. The van der Waals surface area contributed by atoms with Gasteiger partial charge in [0.2, 0.25) is 0 Å². The molecule has 2 aromatic heterocycles. The molecular weight excluding hydrogens is 330 g/mol. The fraction of sp³-hybridized carbons (Fsp3) is 0.368. The van der Waals surface area contributed by atoms with E-state index in [-0.39, 0.29) is 12.1 Å². The van der Waals surface area contributed by atoms with Crippen molar-refractivity contribution >= 4 is 0 Å². The summed E-state index contributed by atoms with van der Waals surface area (Å²) in [6.07, 6.45) is 8.83. The number of hydrogen-bond donors (Lipinski definition) is 1. The number of benzene rings is 1. The van der Waals surface area contributed by atoms with Gasteiger partial charge in [-0.2, -0.15) is 5.10 Å². The molecule has 3 heterocycles. The van der Waals surface area contributed by atoms with Crippen LogP contribution in [0, 0.1) is 0 Å². The summed E-state index contributed by atoms with van der Waals surface area (Å²) >= 11 is 0. The summed E-state index contributed by atoms with van der Waals surface area (Å²) in [5.41, 5.74) is 2.17. The first kappa shape index (κ1) is 16.8. The topological polar surface area (TPSA) is 68.2 Å². The van der Waals surface area contributed by atoms with E-state index in [2.05, 4.69) is 26.2 Å². The minimum Gasteiger partial charge on any atom is -0.497 e. The molecule has 3 aromatic rings. The van der Waals surface area contributed by atoms with Crippen molar-refractivity contribution in [2.24, 2.45) is 0 Å². The monoisotopic (exact) mass is 353 g/mol. The molecule has 0 radical (unpaired) electrons. The molecule has 1 saturated heterocycles. The second-order valence-electron chi connectivity index (χ2n) is 6.50. The Labute approximate surface area is 152 Å². The SMILES string of the molecule is COc1ccc(-n2cc(CN3C[C@H](OC)CC3c3ncc[nH]3)cn2)cc1. The smallest absolute Gasteiger partial charge is 0.123 e. The summed E-state index contributed by atoms with van der Waals surface area (Å²) in [6.45, 7) is 1.69. The van der Waals surface area contributed by atoms with Crippen molar-refractivity contribution in [3.8, 4) is 11.4 Å². The van der Waals surface area contributed by atoms with Gasteiger partial charge in [0, 0.05) is 44.4 Å². The maximum absolute atomic E-state index is 5.59. The largest absolute Gasteiger partial charge is 0.497 e. The lowest BCUT2D eigenvalue weighted by Gasteiger charge is -2.21. The second-order valence-corrected chi connectivity index (χ2v) is 6.50. The average molecular weight is 353 g/mol. The van der Waals surface area contributed by atoms with Crippen LogP contribution in [0.3, 0.4) is 0 Å². The van der Waals surface area contributed by atoms with Gasteiger partial charge in [-0.25, -0.2) is 9.67 Å². The van der Waals surface area contributed by atoms with Gasteiger partial charge in [0.25, 0.3) is 0 Å². The molecule has 1 aromatic carbocycles. The number of aromatic nitrogens is 4. The van der Waals surface area contributed by atoms with Crippen LogP contribution in [-0.4, -0.2) is 51.5 Å². The maximum atomic E-state index is 5.59. The van der Waals surface area contributed by atoms with Gasteiger partial charge in [-0.1, -0.05) is 0 Å². The molecule has 0 spiro atoms. The number of nitrogens with zero attached hydrogens (tertiary/aromatic N) is 4. The molecule has 0 amide bonds. The summed E-state index contributed by atoms with van der Waals surface area (Å²) < 4.78 is 12.7. The van der Waals surface area contributed by atoms with Crippen molar-refractivity contribution in [2.75, 3.05) is 20.8 Å². The van der Waals surface area contributed by atoms with E-state index in [4.69, 9.17) is 9.47 Å². The third-order valence-electron chi connectivity index (χ3n) is 4.89. The Hall–Kier alpha value is -2.64. The van der Waals surface area contributed by atoms with Crippen LogP contribution >= 0.6 is 0 Å². The van der Waals surface area contributed by atoms with Crippen molar-refractivity contribution < 1.29 is 9.47 Å². The molecule has 0 aliphatic carbocycles. The van der Waals surface area contributed by atoms with Crippen molar-refractivity contribution in [1.82, 2.24) is 24.6 Å². The quantitative estimate of drug-likeness (QED) is 0.738. The summed E-state index contributed by atoms with van der Waals surface area (Å²) in [6, 6.07) is 8.11. The first-order valence-corrected chi connectivity index (χ1v) is 8.71. The number of aromatic amines is 1. The zero-order valence-corrected chi connectivity index (χ0v) is 15.0. The Morgan fingerprint density at radius 1 is 1.23 bits per heavy atom. The lowest BCUT2D eigenvalue weighted by atomic mass is 10.2. The highest BCUT2D eigenvalue weighted by atomic mass is 16.5. The normalized spacial score (nSPS) is 20.5. The molecule has 1 fully saturated rings. The van der Waals surface area contributed by atoms with Gasteiger partial charge in [-0.3, -0.25) is 4.90 Å². The van der Waals surface area contributed by atoms with Gasteiger partial charge >= 0.3 is 0 Å². The molecule has 7 heteroatoms. The van der Waals surface area contributed by atoms with Crippen molar-refractivity contribution in [3.63, 3.8) is 0 Å². The molecule has 1 N–H and O–H groups in total. The number of methoxy groups -OCH3 is 2. The standard InChI is InChI=1S/C19H23N5O2/c1-25-16-5-3-15(4-6-16)24-12-14(10-22-24)11-23-13-17(26-2)9-18(23)19-20-7-8-21-19/h3-8,10,12,17-18H,9,11,13H2,1-2H3,(H,20,21)/t17-,18?/m1/s1. The van der Waals surface area contributed by atoms with E-state index < -0.39 is 0 Å². The molecule has 0 saturated carbocycles. The summed E-state index contributed by atoms with van der Waals surface area (Å²) in [5.74, 6) is 1.83. The van der Waals surface area contributed by atoms with Gasteiger partial charge in [0.05, 0.1) is 31.1 Å². The van der Waals surface area contributed by atoms with Crippen LogP contribution in [0.25, 0.3) is 5.69 Å². The van der Waals surface area contributed by atoms with Gasteiger partial charge in [-0.05, 0) is 30.7 Å². The highest BCUT2D eigenvalue weighted by Crippen LogP contribution is 2.32. The molecule has 1 aliphatic rings. The third-order valence-corrected chi connectivity index (χ3v) is 4.89. The molecule has 136 valence electrons. The van der Waals surface area contributed by atoms with E-state index in [1.807, 2.05) is 41.3 Å². The van der Waals surface area contributed by atoms with Gasteiger partial charge in [0.15, 0.2) is 0 Å². The van der Waals surface area contributed by atoms with Gasteiger partial charge in [-0.15, -0.1) is 0 Å². The van der Waals surface area contributed by atoms with E-state index in [1.54, 1.807) is 20.4 Å². The van der Waals surface area contributed by atoms with E-state index in [0.29, 0.717) is 0 Å². The van der Waals surface area contributed by atoms with E-state index >= 15 is 0 Å². The van der Waals surface area contributed by atoms with Crippen LogP contribution in [-0.2, 0) is 11.3 Å². The Balaban J connectivity index is 1.50. The molecule has 0 bridgehead atoms. The van der Waals surface area contributed by atoms with Gasteiger partial charge < -0.3 is 14.5 Å². The molecule has 2 atom stereocenters. The Morgan fingerprint density at radius 3 is 2.77 bits per heavy atom. The average Bonchev–Trinajstić information content (AvgIpc) is 3.42. The van der Waals surface area contributed by atoms with Crippen molar-refractivity contribution in [1.29, 1.82) is 0 Å².